The number of amides is 2. The number of methoxy groups -OCH3 is 1. The molecule has 0 radical (unpaired) electrons. The Labute approximate surface area is 179 Å². The SMILES string of the molecule is COC1(C2N=C(c3cccc(Cl)c3)c3ccccc3NC2=O)C=CC=CC1C(N)=O. The lowest BCUT2D eigenvalue weighted by molar-refractivity contribution is -0.133. The third-order valence-electron chi connectivity index (χ3n) is 5.39. The number of primary amides is 1. The van der Waals surface area contributed by atoms with E-state index < -0.39 is 29.4 Å². The lowest BCUT2D eigenvalue weighted by Gasteiger charge is -2.39. The highest BCUT2D eigenvalue weighted by Gasteiger charge is 2.51. The minimum absolute atomic E-state index is 0.396. The van der Waals surface area contributed by atoms with E-state index in [-0.39, 0.29) is 0 Å². The predicted octanol–water partition coefficient (Wildman–Crippen LogP) is 3.11. The van der Waals surface area contributed by atoms with Crippen LogP contribution < -0.4 is 11.1 Å². The van der Waals surface area contributed by atoms with Gasteiger partial charge in [-0.05, 0) is 24.3 Å². The number of para-hydroxylation sites is 1. The summed E-state index contributed by atoms with van der Waals surface area (Å²) in [6, 6.07) is 13.5. The topological polar surface area (TPSA) is 93.8 Å². The number of hydrogen-bond acceptors (Lipinski definition) is 4. The van der Waals surface area contributed by atoms with Crippen LogP contribution in [0.15, 0.2) is 77.8 Å². The number of hydrogen-bond donors (Lipinski definition) is 2. The van der Waals surface area contributed by atoms with Crippen LogP contribution in [0.5, 0.6) is 0 Å². The van der Waals surface area contributed by atoms with E-state index in [1.165, 1.54) is 7.11 Å². The van der Waals surface area contributed by atoms with Crippen LogP contribution in [0.4, 0.5) is 5.69 Å². The summed E-state index contributed by atoms with van der Waals surface area (Å²) in [4.78, 5) is 30.4. The average Bonchev–Trinajstić information content (AvgIpc) is 2.89. The molecule has 0 saturated heterocycles. The quantitative estimate of drug-likeness (QED) is 0.794. The van der Waals surface area contributed by atoms with Gasteiger partial charge in [0.2, 0.25) is 5.91 Å². The van der Waals surface area contributed by atoms with E-state index in [1.54, 1.807) is 42.5 Å². The average molecular weight is 422 g/mol. The number of benzene rings is 2. The summed E-state index contributed by atoms with van der Waals surface area (Å²) in [5, 5.41) is 3.47. The van der Waals surface area contributed by atoms with Crippen molar-refractivity contribution in [3.05, 3.63) is 89.0 Å². The molecule has 0 fully saturated rings. The van der Waals surface area contributed by atoms with E-state index in [1.807, 2.05) is 30.3 Å². The van der Waals surface area contributed by atoms with Gasteiger partial charge in [-0.2, -0.15) is 0 Å². The van der Waals surface area contributed by atoms with Crippen LogP contribution in [0.2, 0.25) is 5.02 Å². The van der Waals surface area contributed by atoms with Gasteiger partial charge >= 0.3 is 0 Å². The first-order chi connectivity index (χ1) is 14.5. The number of aliphatic imine (C=N–C) groups is 1. The molecule has 3 atom stereocenters. The van der Waals surface area contributed by atoms with Crippen molar-refractivity contribution in [2.45, 2.75) is 11.6 Å². The molecule has 0 spiro atoms. The van der Waals surface area contributed by atoms with E-state index in [2.05, 4.69) is 5.32 Å². The molecular formula is C23H20ClN3O3. The number of nitrogens with zero attached hydrogens (tertiary/aromatic N) is 1. The van der Waals surface area contributed by atoms with E-state index in [0.29, 0.717) is 16.4 Å². The third kappa shape index (κ3) is 3.34. The fourth-order valence-electron chi connectivity index (χ4n) is 3.95. The lowest BCUT2D eigenvalue weighted by Crippen LogP contribution is -2.56. The van der Waals surface area contributed by atoms with Crippen LogP contribution in [0, 0.1) is 5.92 Å². The standard InChI is InChI=1S/C23H20ClN3O3/c1-30-23(12-5-4-10-17(23)21(25)28)20-22(29)26-18-11-3-2-9-16(18)19(27-20)14-7-6-8-15(24)13-14/h2-13,17,20H,1H3,(H2,25,28)(H,26,29). The normalized spacial score (nSPS) is 25.1. The Balaban J connectivity index is 1.95. The Kier molecular flexibility index (Phi) is 5.28. The Morgan fingerprint density at radius 3 is 2.73 bits per heavy atom. The van der Waals surface area contributed by atoms with Crippen molar-refractivity contribution >= 4 is 34.8 Å². The molecular weight excluding hydrogens is 402 g/mol. The smallest absolute Gasteiger partial charge is 0.252 e. The fourth-order valence-corrected chi connectivity index (χ4v) is 4.14. The molecule has 3 N–H and O–H groups in total. The molecule has 152 valence electrons. The zero-order valence-corrected chi connectivity index (χ0v) is 17.0. The van der Waals surface area contributed by atoms with E-state index >= 15 is 0 Å². The van der Waals surface area contributed by atoms with Crippen LogP contribution in [-0.4, -0.2) is 36.3 Å². The van der Waals surface area contributed by atoms with Gasteiger partial charge in [0.05, 0.1) is 17.3 Å². The van der Waals surface area contributed by atoms with Gasteiger partial charge < -0.3 is 15.8 Å². The number of carbonyl (C=O) groups is 2. The summed E-state index contributed by atoms with van der Waals surface area (Å²) in [5.41, 5.74) is 6.96. The van der Waals surface area contributed by atoms with Crippen LogP contribution in [0.1, 0.15) is 11.1 Å². The molecule has 6 nitrogen and oxygen atoms in total. The second-order valence-electron chi connectivity index (χ2n) is 7.11. The molecule has 1 aliphatic carbocycles. The zero-order valence-electron chi connectivity index (χ0n) is 16.2. The number of halogens is 1. The lowest BCUT2D eigenvalue weighted by atomic mass is 9.77. The Hall–Kier alpha value is -3.22. The monoisotopic (exact) mass is 421 g/mol. The Morgan fingerprint density at radius 1 is 1.20 bits per heavy atom. The number of nitrogens with two attached hydrogens (primary N) is 1. The molecule has 2 aromatic carbocycles. The van der Waals surface area contributed by atoms with Crippen molar-refractivity contribution in [3.8, 4) is 0 Å². The molecule has 30 heavy (non-hydrogen) atoms. The maximum Gasteiger partial charge on any atom is 0.252 e. The first-order valence-corrected chi connectivity index (χ1v) is 9.78. The van der Waals surface area contributed by atoms with Crippen molar-refractivity contribution in [2.75, 3.05) is 12.4 Å². The second-order valence-corrected chi connectivity index (χ2v) is 7.54. The third-order valence-corrected chi connectivity index (χ3v) is 5.62. The van der Waals surface area contributed by atoms with Crippen molar-refractivity contribution in [3.63, 3.8) is 0 Å². The van der Waals surface area contributed by atoms with Gasteiger partial charge in [0.1, 0.15) is 5.60 Å². The number of allylic oxidation sites excluding steroid dienone is 2. The van der Waals surface area contributed by atoms with Gasteiger partial charge in [-0.15, -0.1) is 0 Å². The number of benzodiazepines with no additional fused rings is 1. The second kappa shape index (κ2) is 7.89. The fraction of sp³-hybridized carbons (Fsp3) is 0.174. The molecule has 2 amide bonds. The van der Waals surface area contributed by atoms with E-state index in [0.717, 1.165) is 11.1 Å². The van der Waals surface area contributed by atoms with Crippen LogP contribution in [-0.2, 0) is 14.3 Å². The molecule has 2 aliphatic rings. The molecule has 1 aliphatic heterocycles. The molecule has 0 bridgehead atoms. The van der Waals surface area contributed by atoms with Crippen molar-refractivity contribution < 1.29 is 14.3 Å². The van der Waals surface area contributed by atoms with Gasteiger partial charge in [0.25, 0.3) is 5.91 Å². The molecule has 0 aromatic heterocycles. The van der Waals surface area contributed by atoms with E-state index in [9.17, 15) is 9.59 Å². The molecule has 4 rings (SSSR count). The summed E-state index contributed by atoms with van der Waals surface area (Å²) in [7, 11) is 1.44. The summed E-state index contributed by atoms with van der Waals surface area (Å²) < 4.78 is 5.79. The van der Waals surface area contributed by atoms with Gasteiger partial charge in [0.15, 0.2) is 6.04 Å². The van der Waals surface area contributed by atoms with Gasteiger partial charge in [-0.25, -0.2) is 0 Å². The summed E-state index contributed by atoms with van der Waals surface area (Å²) in [6.45, 7) is 0. The largest absolute Gasteiger partial charge is 0.370 e. The summed E-state index contributed by atoms with van der Waals surface area (Å²) >= 11 is 6.22. The molecule has 2 aromatic rings. The van der Waals surface area contributed by atoms with Crippen LogP contribution in [0.3, 0.4) is 0 Å². The maximum atomic E-state index is 13.3. The number of anilines is 1. The Morgan fingerprint density at radius 2 is 2.00 bits per heavy atom. The van der Waals surface area contributed by atoms with Gasteiger partial charge in [-0.3, -0.25) is 14.6 Å². The first-order valence-electron chi connectivity index (χ1n) is 9.41. The summed E-state index contributed by atoms with van der Waals surface area (Å²) in [6.07, 6.45) is 6.73. The Bertz CT molecular complexity index is 1110. The number of rotatable bonds is 4. The van der Waals surface area contributed by atoms with Crippen LogP contribution >= 0.6 is 11.6 Å². The van der Waals surface area contributed by atoms with Crippen molar-refractivity contribution in [1.29, 1.82) is 0 Å². The molecule has 0 saturated carbocycles. The molecule has 1 heterocycles. The number of fused-ring (bicyclic) bond motifs is 1. The molecule has 3 unspecified atom stereocenters. The number of nitrogens with one attached hydrogen (secondary N) is 1. The van der Waals surface area contributed by atoms with Crippen molar-refractivity contribution in [1.82, 2.24) is 0 Å². The number of ether oxygens (including phenoxy) is 1. The zero-order chi connectivity index (χ0) is 21.3. The maximum absolute atomic E-state index is 13.3. The van der Waals surface area contributed by atoms with E-state index in [4.69, 9.17) is 27.1 Å². The van der Waals surface area contributed by atoms with Gasteiger partial charge in [0, 0.05) is 23.3 Å². The molecule has 7 heteroatoms. The minimum atomic E-state index is -1.36. The highest BCUT2D eigenvalue weighted by molar-refractivity contribution is 6.31. The van der Waals surface area contributed by atoms with Gasteiger partial charge in [-0.1, -0.05) is 60.2 Å². The first kappa shape index (κ1) is 20.1. The highest BCUT2D eigenvalue weighted by atomic mass is 35.5. The summed E-state index contributed by atoms with van der Waals surface area (Å²) in [5.74, 6) is -1.87. The predicted molar refractivity (Wildman–Crippen MR) is 117 cm³/mol. The minimum Gasteiger partial charge on any atom is -0.370 e. The van der Waals surface area contributed by atoms with Crippen LogP contribution in [0.25, 0.3) is 0 Å². The van der Waals surface area contributed by atoms with Crippen molar-refractivity contribution in [2.24, 2.45) is 16.6 Å². The number of carbonyl (C=O) groups excluding carboxylic acids is 2. The highest BCUT2D eigenvalue weighted by Crippen LogP contribution is 2.37.